The lowest BCUT2D eigenvalue weighted by atomic mass is 10.2. The van der Waals surface area contributed by atoms with Gasteiger partial charge >= 0.3 is 0 Å². The molecule has 2 rings (SSSR count). The minimum Gasteiger partial charge on any atom is -0.398 e. The molecule has 0 aliphatic rings. The van der Waals surface area contributed by atoms with E-state index in [0.29, 0.717) is 11.3 Å². The summed E-state index contributed by atoms with van der Waals surface area (Å²) in [7, 11) is 3.45. The molecule has 0 radical (unpaired) electrons. The minimum atomic E-state index is -0.0491. The van der Waals surface area contributed by atoms with Gasteiger partial charge in [-0.1, -0.05) is 11.8 Å². The van der Waals surface area contributed by atoms with E-state index in [4.69, 9.17) is 5.73 Å². The summed E-state index contributed by atoms with van der Waals surface area (Å²) >= 11 is 4.88. The summed E-state index contributed by atoms with van der Waals surface area (Å²) in [5, 5.41) is 0.814. The van der Waals surface area contributed by atoms with Gasteiger partial charge in [0.15, 0.2) is 0 Å². The van der Waals surface area contributed by atoms with Crippen LogP contribution >= 0.6 is 27.7 Å². The van der Waals surface area contributed by atoms with Crippen LogP contribution in [0.1, 0.15) is 10.4 Å². The number of nitrogen functional groups attached to an aromatic ring is 1. The summed E-state index contributed by atoms with van der Waals surface area (Å²) in [6, 6.07) is 9.04. The van der Waals surface area contributed by atoms with Gasteiger partial charge in [0.2, 0.25) is 0 Å². The fourth-order valence-electron chi connectivity index (χ4n) is 1.56. The molecule has 0 spiro atoms. The van der Waals surface area contributed by atoms with E-state index in [0.717, 1.165) is 14.4 Å². The first kappa shape index (κ1) is 14.9. The SMILES string of the molecule is CN(C)C(=O)c1ccc(N)c(Sc2ncccc2Br)c1. The van der Waals surface area contributed by atoms with Crippen LogP contribution < -0.4 is 5.73 Å². The summed E-state index contributed by atoms with van der Waals surface area (Å²) < 4.78 is 0.897. The predicted octanol–water partition coefficient (Wildman–Crippen LogP) is 3.28. The monoisotopic (exact) mass is 351 g/mol. The third-order valence-electron chi connectivity index (χ3n) is 2.60. The molecule has 1 amide bonds. The van der Waals surface area contributed by atoms with Crippen LogP contribution in [0.25, 0.3) is 0 Å². The Kier molecular flexibility index (Phi) is 4.67. The number of pyridine rings is 1. The van der Waals surface area contributed by atoms with E-state index in [2.05, 4.69) is 20.9 Å². The Morgan fingerprint density at radius 2 is 2.10 bits per heavy atom. The van der Waals surface area contributed by atoms with Crippen LogP contribution in [0, 0.1) is 0 Å². The van der Waals surface area contributed by atoms with Crippen molar-refractivity contribution in [1.82, 2.24) is 9.88 Å². The van der Waals surface area contributed by atoms with Crippen molar-refractivity contribution in [1.29, 1.82) is 0 Å². The molecule has 0 aliphatic carbocycles. The summed E-state index contributed by atoms with van der Waals surface area (Å²) in [6.07, 6.45) is 1.72. The second kappa shape index (κ2) is 6.28. The first-order chi connectivity index (χ1) is 9.49. The average Bonchev–Trinajstić information content (AvgIpc) is 2.42. The zero-order valence-corrected chi connectivity index (χ0v) is 13.5. The highest BCUT2D eigenvalue weighted by Gasteiger charge is 2.12. The number of rotatable bonds is 3. The highest BCUT2D eigenvalue weighted by atomic mass is 79.9. The number of amides is 1. The summed E-state index contributed by atoms with van der Waals surface area (Å²) in [5.74, 6) is -0.0491. The first-order valence-corrected chi connectivity index (χ1v) is 7.49. The van der Waals surface area contributed by atoms with Crippen LogP contribution in [-0.4, -0.2) is 29.9 Å². The Morgan fingerprint density at radius 1 is 1.35 bits per heavy atom. The lowest BCUT2D eigenvalue weighted by molar-refractivity contribution is 0.0827. The Bertz CT molecular complexity index is 646. The molecular formula is C14H14BrN3OS. The molecule has 0 saturated carbocycles. The van der Waals surface area contributed by atoms with E-state index in [-0.39, 0.29) is 5.91 Å². The van der Waals surface area contributed by atoms with Crippen LogP contribution in [0.2, 0.25) is 0 Å². The number of hydrogen-bond donors (Lipinski definition) is 1. The average molecular weight is 352 g/mol. The number of benzene rings is 1. The maximum Gasteiger partial charge on any atom is 0.253 e. The van der Waals surface area contributed by atoms with Crippen molar-refractivity contribution in [3.63, 3.8) is 0 Å². The largest absolute Gasteiger partial charge is 0.398 e. The zero-order chi connectivity index (χ0) is 14.7. The van der Waals surface area contributed by atoms with E-state index in [1.54, 1.807) is 38.5 Å². The number of halogens is 1. The van der Waals surface area contributed by atoms with Gasteiger partial charge in [-0.15, -0.1) is 0 Å². The van der Waals surface area contributed by atoms with Gasteiger partial charge in [0.1, 0.15) is 5.03 Å². The summed E-state index contributed by atoms with van der Waals surface area (Å²) in [6.45, 7) is 0. The zero-order valence-electron chi connectivity index (χ0n) is 11.1. The number of nitrogens with two attached hydrogens (primary N) is 1. The van der Waals surface area contributed by atoms with Gasteiger partial charge in [0, 0.05) is 36.4 Å². The summed E-state index contributed by atoms with van der Waals surface area (Å²) in [4.78, 5) is 18.6. The Hall–Kier alpha value is -1.53. The van der Waals surface area contributed by atoms with Crippen LogP contribution in [-0.2, 0) is 0 Å². The van der Waals surface area contributed by atoms with Crippen LogP contribution in [0.5, 0.6) is 0 Å². The quantitative estimate of drug-likeness (QED) is 0.862. The number of carbonyl (C=O) groups is 1. The highest BCUT2D eigenvalue weighted by Crippen LogP contribution is 2.35. The maximum absolute atomic E-state index is 12.0. The fourth-order valence-corrected chi connectivity index (χ4v) is 2.92. The predicted molar refractivity (Wildman–Crippen MR) is 84.9 cm³/mol. The molecule has 0 unspecified atom stereocenters. The second-order valence-corrected chi connectivity index (χ2v) is 6.23. The van der Waals surface area contributed by atoms with Crippen molar-refractivity contribution >= 4 is 39.3 Å². The molecule has 1 aromatic heterocycles. The van der Waals surface area contributed by atoms with Gasteiger partial charge in [-0.05, 0) is 46.3 Å². The van der Waals surface area contributed by atoms with Crippen LogP contribution in [0.4, 0.5) is 5.69 Å². The van der Waals surface area contributed by atoms with Gasteiger partial charge in [-0.2, -0.15) is 0 Å². The molecule has 2 N–H and O–H groups in total. The van der Waals surface area contributed by atoms with Crippen molar-refractivity contribution in [3.05, 3.63) is 46.6 Å². The third-order valence-corrected chi connectivity index (χ3v) is 4.59. The van der Waals surface area contributed by atoms with Gasteiger partial charge in [0.05, 0.1) is 4.47 Å². The van der Waals surface area contributed by atoms with E-state index in [1.165, 1.54) is 16.7 Å². The number of hydrogen-bond acceptors (Lipinski definition) is 4. The Balaban J connectivity index is 2.35. The van der Waals surface area contributed by atoms with Gasteiger partial charge in [-0.25, -0.2) is 4.98 Å². The fraction of sp³-hybridized carbons (Fsp3) is 0.143. The minimum absolute atomic E-state index is 0.0491. The maximum atomic E-state index is 12.0. The van der Waals surface area contributed by atoms with E-state index >= 15 is 0 Å². The molecule has 1 heterocycles. The van der Waals surface area contributed by atoms with Crippen molar-refractivity contribution in [2.75, 3.05) is 19.8 Å². The van der Waals surface area contributed by atoms with E-state index in [9.17, 15) is 4.79 Å². The molecule has 0 bridgehead atoms. The summed E-state index contributed by atoms with van der Waals surface area (Å²) in [5.41, 5.74) is 7.21. The topological polar surface area (TPSA) is 59.2 Å². The molecule has 2 aromatic rings. The first-order valence-electron chi connectivity index (χ1n) is 5.88. The molecule has 0 saturated heterocycles. The van der Waals surface area contributed by atoms with Gasteiger partial charge in [0.25, 0.3) is 5.91 Å². The van der Waals surface area contributed by atoms with E-state index in [1.807, 2.05) is 12.1 Å². The molecule has 4 nitrogen and oxygen atoms in total. The molecule has 0 aliphatic heterocycles. The Morgan fingerprint density at radius 3 is 2.75 bits per heavy atom. The van der Waals surface area contributed by atoms with Crippen molar-refractivity contribution in [2.45, 2.75) is 9.92 Å². The third kappa shape index (κ3) is 3.32. The van der Waals surface area contributed by atoms with Crippen molar-refractivity contribution < 1.29 is 4.79 Å². The lowest BCUT2D eigenvalue weighted by Gasteiger charge is -2.12. The van der Waals surface area contributed by atoms with E-state index < -0.39 is 0 Å². The molecular weight excluding hydrogens is 338 g/mol. The molecule has 0 atom stereocenters. The smallest absolute Gasteiger partial charge is 0.253 e. The van der Waals surface area contributed by atoms with Crippen LogP contribution in [0.3, 0.4) is 0 Å². The highest BCUT2D eigenvalue weighted by molar-refractivity contribution is 9.10. The molecule has 1 aromatic carbocycles. The van der Waals surface area contributed by atoms with Crippen molar-refractivity contribution in [2.24, 2.45) is 0 Å². The molecule has 20 heavy (non-hydrogen) atoms. The van der Waals surface area contributed by atoms with Crippen LogP contribution in [0.15, 0.2) is 50.9 Å². The van der Waals surface area contributed by atoms with Crippen molar-refractivity contribution in [3.8, 4) is 0 Å². The molecule has 104 valence electrons. The lowest BCUT2D eigenvalue weighted by Crippen LogP contribution is -2.21. The van der Waals surface area contributed by atoms with Gasteiger partial charge < -0.3 is 10.6 Å². The number of aromatic nitrogens is 1. The molecule has 6 heteroatoms. The number of nitrogens with zero attached hydrogens (tertiary/aromatic N) is 2. The number of carbonyl (C=O) groups excluding carboxylic acids is 1. The van der Waals surface area contributed by atoms with Gasteiger partial charge in [-0.3, -0.25) is 4.79 Å². The standard InChI is InChI=1S/C14H14BrN3OS/c1-18(2)14(19)9-5-6-11(16)12(8-9)20-13-10(15)4-3-7-17-13/h3-8H,16H2,1-2H3. The normalized spacial score (nSPS) is 10.3. The molecule has 0 fully saturated rings. The Labute approximate surface area is 130 Å². The second-order valence-electron chi connectivity index (χ2n) is 4.34. The number of anilines is 1.